The summed E-state index contributed by atoms with van der Waals surface area (Å²) in [6.45, 7) is 11.9. The van der Waals surface area contributed by atoms with Crippen molar-refractivity contribution in [2.75, 3.05) is 25.4 Å². The van der Waals surface area contributed by atoms with E-state index in [9.17, 15) is 0 Å². The van der Waals surface area contributed by atoms with E-state index in [0.717, 1.165) is 36.9 Å². The van der Waals surface area contributed by atoms with Gasteiger partial charge in [-0.15, -0.1) is 11.8 Å². The zero-order valence-corrected chi connectivity index (χ0v) is 11.2. The molecule has 0 aliphatic rings. The largest absolute Gasteiger partial charge is 0.410 e. The molecule has 90 valence electrons. The lowest BCUT2D eigenvalue weighted by molar-refractivity contribution is 0.318. The molecule has 0 fully saturated rings. The minimum atomic E-state index is 0.553. The molecule has 0 aliphatic carbocycles. The van der Waals surface area contributed by atoms with Gasteiger partial charge in [0.25, 0.3) is 0 Å². The molecule has 0 atom stereocenters. The summed E-state index contributed by atoms with van der Waals surface area (Å²) in [5.74, 6) is 1.56. The second-order valence-electron chi connectivity index (χ2n) is 3.97. The van der Waals surface area contributed by atoms with Gasteiger partial charge in [-0.25, -0.2) is 0 Å². The Morgan fingerprint density at radius 2 is 1.93 bits per heavy atom. The van der Waals surface area contributed by atoms with Crippen LogP contribution in [0.1, 0.15) is 34.1 Å². The van der Waals surface area contributed by atoms with Gasteiger partial charge in [-0.2, -0.15) is 0 Å². The fraction of sp³-hybridized carbons (Fsp3) is 0.909. The molecule has 0 amide bonds. The van der Waals surface area contributed by atoms with Crippen LogP contribution in [0.25, 0.3) is 0 Å². The molecule has 0 aromatic carbocycles. The Balaban J connectivity index is 3.72. The predicted molar refractivity (Wildman–Crippen MR) is 68.9 cm³/mol. The van der Waals surface area contributed by atoms with Crippen LogP contribution >= 0.6 is 11.8 Å². The van der Waals surface area contributed by atoms with Gasteiger partial charge < -0.3 is 10.1 Å². The summed E-state index contributed by atoms with van der Waals surface area (Å²) in [6.07, 6.45) is 0.874. The Hall–Kier alpha value is -0.220. The molecule has 0 aliphatic heterocycles. The third kappa shape index (κ3) is 7.68. The van der Waals surface area contributed by atoms with Gasteiger partial charge >= 0.3 is 0 Å². The summed E-state index contributed by atoms with van der Waals surface area (Å²) in [5, 5.41) is 13.0. The van der Waals surface area contributed by atoms with Crippen molar-refractivity contribution in [3.63, 3.8) is 0 Å². The standard InChI is InChI=1S/C11H24N2OS/c1-5-13(6-2)7-8-15-11(12-14)9-10(3)4/h10,14H,5-9H2,1-4H3/b12-11+. The van der Waals surface area contributed by atoms with Crippen molar-refractivity contribution in [3.05, 3.63) is 0 Å². The normalized spacial score (nSPS) is 12.8. The molecule has 0 aromatic heterocycles. The zero-order chi connectivity index (χ0) is 11.7. The van der Waals surface area contributed by atoms with Gasteiger partial charge in [0.15, 0.2) is 0 Å². The first-order chi connectivity index (χ1) is 7.13. The van der Waals surface area contributed by atoms with Crippen LogP contribution in [0.2, 0.25) is 0 Å². The molecule has 0 saturated heterocycles. The Morgan fingerprint density at radius 3 is 2.33 bits per heavy atom. The minimum Gasteiger partial charge on any atom is -0.410 e. The van der Waals surface area contributed by atoms with Crippen LogP contribution in [0, 0.1) is 5.92 Å². The van der Waals surface area contributed by atoms with Crippen LogP contribution in [-0.2, 0) is 0 Å². The van der Waals surface area contributed by atoms with Crippen LogP contribution < -0.4 is 0 Å². The highest BCUT2D eigenvalue weighted by molar-refractivity contribution is 8.13. The Kier molecular flexibility index (Phi) is 8.91. The third-order valence-corrected chi connectivity index (χ3v) is 3.23. The summed E-state index contributed by atoms with van der Waals surface area (Å²) >= 11 is 1.67. The molecule has 0 unspecified atom stereocenters. The number of nitrogens with zero attached hydrogens (tertiary/aromatic N) is 2. The lowest BCUT2D eigenvalue weighted by Gasteiger charge is -2.17. The molecular formula is C11H24N2OS. The Morgan fingerprint density at radius 1 is 1.33 bits per heavy atom. The van der Waals surface area contributed by atoms with Crippen molar-refractivity contribution in [2.45, 2.75) is 34.1 Å². The van der Waals surface area contributed by atoms with Crippen LogP contribution in [0.3, 0.4) is 0 Å². The van der Waals surface area contributed by atoms with Crippen LogP contribution in [-0.4, -0.2) is 40.5 Å². The smallest absolute Gasteiger partial charge is 0.113 e. The summed E-state index contributed by atoms with van der Waals surface area (Å²) in [4.78, 5) is 2.37. The topological polar surface area (TPSA) is 35.8 Å². The van der Waals surface area contributed by atoms with Crippen molar-refractivity contribution in [3.8, 4) is 0 Å². The molecule has 3 nitrogen and oxygen atoms in total. The monoisotopic (exact) mass is 232 g/mol. The van der Waals surface area contributed by atoms with Gasteiger partial charge in [-0.05, 0) is 19.0 Å². The molecule has 0 heterocycles. The second-order valence-corrected chi connectivity index (χ2v) is 5.14. The highest BCUT2D eigenvalue weighted by atomic mass is 32.2. The SMILES string of the molecule is CCN(CC)CCS/C(CC(C)C)=N/O. The van der Waals surface area contributed by atoms with E-state index in [0.29, 0.717) is 5.92 Å². The van der Waals surface area contributed by atoms with Gasteiger partial charge in [0.1, 0.15) is 5.04 Å². The minimum absolute atomic E-state index is 0.553. The zero-order valence-electron chi connectivity index (χ0n) is 10.4. The second kappa shape index (κ2) is 9.04. The molecule has 0 spiro atoms. The van der Waals surface area contributed by atoms with Crippen LogP contribution in [0.5, 0.6) is 0 Å². The number of thioether (sulfide) groups is 1. The molecule has 0 radical (unpaired) electrons. The maximum atomic E-state index is 8.81. The first-order valence-corrected chi connectivity index (χ1v) is 6.68. The van der Waals surface area contributed by atoms with Gasteiger partial charge in [0, 0.05) is 18.7 Å². The summed E-state index contributed by atoms with van der Waals surface area (Å²) in [6, 6.07) is 0. The molecule has 0 saturated carbocycles. The van der Waals surface area contributed by atoms with E-state index in [1.165, 1.54) is 0 Å². The quantitative estimate of drug-likeness (QED) is 0.317. The fourth-order valence-electron chi connectivity index (χ4n) is 1.31. The van der Waals surface area contributed by atoms with Gasteiger partial charge in [0.05, 0.1) is 0 Å². The molecule has 0 aromatic rings. The molecular weight excluding hydrogens is 208 g/mol. The first kappa shape index (κ1) is 14.8. The first-order valence-electron chi connectivity index (χ1n) is 5.70. The number of oxime groups is 1. The van der Waals surface area contributed by atoms with E-state index in [1.54, 1.807) is 11.8 Å². The summed E-state index contributed by atoms with van der Waals surface area (Å²) in [7, 11) is 0. The summed E-state index contributed by atoms with van der Waals surface area (Å²) in [5.41, 5.74) is 0. The molecule has 4 heteroatoms. The van der Waals surface area contributed by atoms with E-state index in [2.05, 4.69) is 37.8 Å². The van der Waals surface area contributed by atoms with Crippen LogP contribution in [0.4, 0.5) is 0 Å². The van der Waals surface area contributed by atoms with E-state index in [1.807, 2.05) is 0 Å². The van der Waals surface area contributed by atoms with Gasteiger partial charge in [0.2, 0.25) is 0 Å². The van der Waals surface area contributed by atoms with Crippen molar-refractivity contribution < 1.29 is 5.21 Å². The lowest BCUT2D eigenvalue weighted by Crippen LogP contribution is -2.25. The number of rotatable bonds is 7. The molecule has 1 N–H and O–H groups in total. The predicted octanol–water partition coefficient (Wildman–Crippen LogP) is 2.90. The van der Waals surface area contributed by atoms with E-state index < -0.39 is 0 Å². The van der Waals surface area contributed by atoms with E-state index in [-0.39, 0.29) is 0 Å². The fourth-order valence-corrected chi connectivity index (χ4v) is 2.40. The number of hydrogen-bond acceptors (Lipinski definition) is 4. The van der Waals surface area contributed by atoms with E-state index in [4.69, 9.17) is 5.21 Å². The van der Waals surface area contributed by atoms with Gasteiger partial charge in [-0.1, -0.05) is 32.9 Å². The lowest BCUT2D eigenvalue weighted by atomic mass is 10.1. The highest BCUT2D eigenvalue weighted by Gasteiger charge is 2.06. The summed E-state index contributed by atoms with van der Waals surface area (Å²) < 4.78 is 0. The Labute approximate surface area is 97.9 Å². The Bertz CT molecular complexity index is 179. The average molecular weight is 232 g/mol. The molecule has 15 heavy (non-hydrogen) atoms. The van der Waals surface area contributed by atoms with Crippen molar-refractivity contribution in [2.24, 2.45) is 11.1 Å². The highest BCUT2D eigenvalue weighted by Crippen LogP contribution is 2.13. The van der Waals surface area contributed by atoms with Crippen molar-refractivity contribution in [1.29, 1.82) is 0 Å². The molecule has 0 rings (SSSR count). The molecule has 0 bridgehead atoms. The van der Waals surface area contributed by atoms with Crippen molar-refractivity contribution >= 4 is 16.8 Å². The average Bonchev–Trinajstić information content (AvgIpc) is 2.22. The van der Waals surface area contributed by atoms with Crippen molar-refractivity contribution in [1.82, 2.24) is 4.90 Å². The van der Waals surface area contributed by atoms with Crippen LogP contribution in [0.15, 0.2) is 5.16 Å². The number of hydrogen-bond donors (Lipinski definition) is 1. The van der Waals surface area contributed by atoms with E-state index >= 15 is 0 Å². The maximum absolute atomic E-state index is 8.81. The van der Waals surface area contributed by atoms with Gasteiger partial charge in [-0.3, -0.25) is 0 Å². The maximum Gasteiger partial charge on any atom is 0.113 e. The third-order valence-electron chi connectivity index (χ3n) is 2.27.